The average Bonchev–Trinajstić information content (AvgIpc) is 2.94. The first-order valence-corrected chi connectivity index (χ1v) is 6.78. The third-order valence-electron chi connectivity index (χ3n) is 4.07. The summed E-state index contributed by atoms with van der Waals surface area (Å²) in [5.74, 6) is 0. The van der Waals surface area contributed by atoms with Gasteiger partial charge in [-0.1, -0.05) is 60.7 Å². The molecule has 0 bridgehead atoms. The topological polar surface area (TPSA) is 21.3 Å². The highest BCUT2D eigenvalue weighted by Crippen LogP contribution is 2.43. The lowest BCUT2D eigenvalue weighted by molar-refractivity contribution is 0.0668. The van der Waals surface area contributed by atoms with Crippen molar-refractivity contribution >= 4 is 0 Å². The van der Waals surface area contributed by atoms with Gasteiger partial charge in [-0.15, -0.1) is 0 Å². The maximum Gasteiger partial charge on any atom is 0.121 e. The van der Waals surface area contributed by atoms with Crippen LogP contribution < -0.4 is 5.32 Å². The third-order valence-corrected chi connectivity index (χ3v) is 4.07. The predicted octanol–water partition coefficient (Wildman–Crippen LogP) is 2.94. The molecule has 2 aromatic rings. The minimum Gasteiger partial charge on any atom is -0.362 e. The van der Waals surface area contributed by atoms with Crippen molar-refractivity contribution in [3.63, 3.8) is 0 Å². The Morgan fingerprint density at radius 3 is 1.95 bits per heavy atom. The fraction of sp³-hybridized carbons (Fsp3) is 0.294. The highest BCUT2D eigenvalue weighted by molar-refractivity contribution is 5.41. The van der Waals surface area contributed by atoms with E-state index < -0.39 is 0 Å². The lowest BCUT2D eigenvalue weighted by Crippen LogP contribution is -2.44. The number of benzene rings is 2. The summed E-state index contributed by atoms with van der Waals surface area (Å²) in [5, 5.41) is 3.33. The Labute approximate surface area is 114 Å². The van der Waals surface area contributed by atoms with Crippen LogP contribution in [0.5, 0.6) is 0 Å². The molecule has 0 saturated carbocycles. The predicted molar refractivity (Wildman–Crippen MR) is 77.1 cm³/mol. The van der Waals surface area contributed by atoms with Gasteiger partial charge in [0, 0.05) is 0 Å². The second-order valence-corrected chi connectivity index (χ2v) is 4.99. The molecule has 98 valence electrons. The van der Waals surface area contributed by atoms with Crippen LogP contribution in [0.15, 0.2) is 60.7 Å². The summed E-state index contributed by atoms with van der Waals surface area (Å²) in [5.41, 5.74) is 2.55. The van der Waals surface area contributed by atoms with E-state index in [1.165, 1.54) is 11.1 Å². The summed E-state index contributed by atoms with van der Waals surface area (Å²) < 4.78 is 5.92. The Morgan fingerprint density at radius 1 is 0.947 bits per heavy atom. The van der Waals surface area contributed by atoms with E-state index in [-0.39, 0.29) is 11.6 Å². The number of hydrogen-bond acceptors (Lipinski definition) is 2. The Morgan fingerprint density at radius 2 is 1.47 bits per heavy atom. The van der Waals surface area contributed by atoms with Crippen molar-refractivity contribution in [2.24, 2.45) is 0 Å². The molecule has 1 saturated heterocycles. The molecule has 2 nitrogen and oxygen atoms in total. The van der Waals surface area contributed by atoms with Gasteiger partial charge in [0.15, 0.2) is 0 Å². The molecule has 19 heavy (non-hydrogen) atoms. The van der Waals surface area contributed by atoms with Crippen LogP contribution in [0.4, 0.5) is 0 Å². The fourth-order valence-electron chi connectivity index (χ4n) is 3.17. The first-order chi connectivity index (χ1) is 9.38. The normalized spacial score (nSPS) is 21.4. The summed E-state index contributed by atoms with van der Waals surface area (Å²) >= 11 is 0. The fourth-order valence-corrected chi connectivity index (χ4v) is 3.17. The zero-order valence-corrected chi connectivity index (χ0v) is 11.2. The molecule has 1 heterocycles. The SMILES string of the molecule is CNC1OCCC1(c1ccccc1)c1ccccc1. The highest BCUT2D eigenvalue weighted by Gasteiger charge is 2.46. The van der Waals surface area contributed by atoms with Gasteiger partial charge >= 0.3 is 0 Å². The van der Waals surface area contributed by atoms with Crippen molar-refractivity contribution in [2.75, 3.05) is 13.7 Å². The molecule has 1 unspecified atom stereocenters. The van der Waals surface area contributed by atoms with Gasteiger partial charge in [-0.2, -0.15) is 0 Å². The molecular formula is C17H19NO. The van der Waals surface area contributed by atoms with Gasteiger partial charge in [0.2, 0.25) is 0 Å². The van der Waals surface area contributed by atoms with Crippen LogP contribution in [-0.2, 0) is 10.2 Å². The standard InChI is InChI=1S/C17H19NO/c1-18-16-17(12-13-19-16,14-8-4-2-5-9-14)15-10-6-3-7-11-15/h2-11,16,18H,12-13H2,1H3. The first-order valence-electron chi connectivity index (χ1n) is 6.78. The molecule has 2 heteroatoms. The van der Waals surface area contributed by atoms with Crippen molar-refractivity contribution in [1.82, 2.24) is 5.32 Å². The quantitative estimate of drug-likeness (QED) is 0.908. The average molecular weight is 253 g/mol. The van der Waals surface area contributed by atoms with Crippen LogP contribution >= 0.6 is 0 Å². The first kappa shape index (κ1) is 12.4. The molecule has 1 atom stereocenters. The van der Waals surface area contributed by atoms with E-state index in [1.54, 1.807) is 0 Å². The molecule has 3 rings (SSSR count). The molecule has 0 amide bonds. The monoisotopic (exact) mass is 253 g/mol. The van der Waals surface area contributed by atoms with Gasteiger partial charge in [-0.25, -0.2) is 0 Å². The molecule has 1 aliphatic heterocycles. The summed E-state index contributed by atoms with van der Waals surface area (Å²) in [6, 6.07) is 21.3. The van der Waals surface area contributed by atoms with E-state index in [4.69, 9.17) is 4.74 Å². The highest BCUT2D eigenvalue weighted by atomic mass is 16.5. The van der Waals surface area contributed by atoms with E-state index in [9.17, 15) is 0 Å². The Kier molecular flexibility index (Phi) is 3.36. The Hall–Kier alpha value is -1.64. The van der Waals surface area contributed by atoms with Crippen LogP contribution in [0, 0.1) is 0 Å². The van der Waals surface area contributed by atoms with Gasteiger partial charge < -0.3 is 4.74 Å². The molecule has 1 aliphatic rings. The van der Waals surface area contributed by atoms with Gasteiger partial charge in [0.25, 0.3) is 0 Å². The van der Waals surface area contributed by atoms with Crippen LogP contribution in [0.25, 0.3) is 0 Å². The van der Waals surface area contributed by atoms with Gasteiger partial charge in [0.05, 0.1) is 12.0 Å². The number of rotatable bonds is 3. The van der Waals surface area contributed by atoms with Gasteiger partial charge in [-0.3, -0.25) is 5.32 Å². The number of nitrogens with one attached hydrogen (secondary N) is 1. The number of likely N-dealkylation sites (N-methyl/N-ethyl adjacent to an activating group) is 1. The summed E-state index contributed by atoms with van der Waals surface area (Å²) in [6.45, 7) is 0.787. The molecule has 1 fully saturated rings. The van der Waals surface area contributed by atoms with E-state index >= 15 is 0 Å². The smallest absolute Gasteiger partial charge is 0.121 e. The second kappa shape index (κ2) is 5.16. The minimum atomic E-state index is -0.0860. The molecule has 0 radical (unpaired) electrons. The van der Waals surface area contributed by atoms with E-state index in [0.717, 1.165) is 13.0 Å². The molecule has 2 aromatic carbocycles. The zero-order chi connectivity index (χ0) is 13.1. The summed E-state index contributed by atoms with van der Waals surface area (Å²) in [4.78, 5) is 0. The second-order valence-electron chi connectivity index (χ2n) is 4.99. The maximum atomic E-state index is 5.92. The van der Waals surface area contributed by atoms with Crippen molar-refractivity contribution in [2.45, 2.75) is 18.1 Å². The maximum absolute atomic E-state index is 5.92. The van der Waals surface area contributed by atoms with Crippen LogP contribution in [0.2, 0.25) is 0 Å². The largest absolute Gasteiger partial charge is 0.362 e. The molecular weight excluding hydrogens is 234 g/mol. The minimum absolute atomic E-state index is 0.0253. The van der Waals surface area contributed by atoms with E-state index in [2.05, 4.69) is 66.0 Å². The summed E-state index contributed by atoms with van der Waals surface area (Å²) in [7, 11) is 1.97. The Balaban J connectivity index is 2.17. The molecule has 1 N–H and O–H groups in total. The van der Waals surface area contributed by atoms with Crippen molar-refractivity contribution < 1.29 is 4.74 Å². The van der Waals surface area contributed by atoms with Crippen LogP contribution in [-0.4, -0.2) is 19.9 Å². The van der Waals surface area contributed by atoms with Crippen LogP contribution in [0.3, 0.4) is 0 Å². The van der Waals surface area contributed by atoms with Crippen molar-refractivity contribution in [3.05, 3.63) is 71.8 Å². The molecule has 0 aromatic heterocycles. The summed E-state index contributed by atoms with van der Waals surface area (Å²) in [6.07, 6.45) is 1.03. The molecule has 0 aliphatic carbocycles. The number of hydrogen-bond donors (Lipinski definition) is 1. The van der Waals surface area contributed by atoms with Gasteiger partial charge in [-0.05, 0) is 24.6 Å². The van der Waals surface area contributed by atoms with E-state index in [0.29, 0.717) is 0 Å². The van der Waals surface area contributed by atoms with Gasteiger partial charge in [0.1, 0.15) is 6.23 Å². The Bertz CT molecular complexity index is 484. The zero-order valence-electron chi connectivity index (χ0n) is 11.2. The van der Waals surface area contributed by atoms with Crippen molar-refractivity contribution in [3.8, 4) is 0 Å². The molecule has 0 spiro atoms. The lowest BCUT2D eigenvalue weighted by atomic mass is 9.72. The van der Waals surface area contributed by atoms with Crippen molar-refractivity contribution in [1.29, 1.82) is 0 Å². The lowest BCUT2D eigenvalue weighted by Gasteiger charge is -2.35. The van der Waals surface area contributed by atoms with E-state index in [1.807, 2.05) is 7.05 Å². The van der Waals surface area contributed by atoms with Crippen LogP contribution in [0.1, 0.15) is 17.5 Å². The third kappa shape index (κ3) is 1.97. The number of ether oxygens (including phenoxy) is 1.